The molecule has 0 bridgehead atoms. The Balaban J connectivity index is 1.96. The normalized spacial score (nSPS) is 16.9. The summed E-state index contributed by atoms with van der Waals surface area (Å²) < 4.78 is 0. The number of carboxylic acids is 1. The summed E-state index contributed by atoms with van der Waals surface area (Å²) >= 11 is 0. The Morgan fingerprint density at radius 3 is 2.48 bits per heavy atom. The highest BCUT2D eigenvalue weighted by Crippen LogP contribution is 2.34. The largest absolute Gasteiger partial charge is 0.479 e. The summed E-state index contributed by atoms with van der Waals surface area (Å²) in [7, 11) is 0. The lowest BCUT2D eigenvalue weighted by molar-refractivity contribution is -0.142. The Bertz CT molecular complexity index is 706. The summed E-state index contributed by atoms with van der Waals surface area (Å²) in [6.45, 7) is 2.28. The van der Waals surface area contributed by atoms with Crippen LogP contribution < -0.4 is 0 Å². The molecule has 1 heterocycles. The van der Waals surface area contributed by atoms with Crippen LogP contribution in [-0.2, 0) is 11.3 Å². The third-order valence-electron chi connectivity index (χ3n) is 3.77. The number of carbonyl (C=O) groups is 2. The summed E-state index contributed by atoms with van der Waals surface area (Å²) in [5, 5.41) is 9.48. The number of nitrogens with zero attached hydrogens (tertiary/aromatic N) is 1. The van der Waals surface area contributed by atoms with Gasteiger partial charge in [-0.3, -0.25) is 4.79 Å². The van der Waals surface area contributed by atoms with Gasteiger partial charge in [-0.05, 0) is 24.1 Å². The maximum Gasteiger partial charge on any atom is 0.331 e. The van der Waals surface area contributed by atoms with Crippen LogP contribution in [0, 0.1) is 6.92 Å². The molecule has 21 heavy (non-hydrogen) atoms. The molecule has 1 N–H and O–H groups in total. The molecule has 1 aliphatic rings. The van der Waals surface area contributed by atoms with E-state index in [2.05, 4.69) is 0 Å². The van der Waals surface area contributed by atoms with Crippen molar-refractivity contribution in [2.45, 2.75) is 19.5 Å². The van der Waals surface area contributed by atoms with Gasteiger partial charge in [0.15, 0.2) is 6.04 Å². The molecule has 1 amide bonds. The molecular formula is C17H15NO3. The lowest BCUT2D eigenvalue weighted by Crippen LogP contribution is -2.32. The van der Waals surface area contributed by atoms with Crippen molar-refractivity contribution in [2.24, 2.45) is 0 Å². The van der Waals surface area contributed by atoms with Gasteiger partial charge in [-0.15, -0.1) is 0 Å². The van der Waals surface area contributed by atoms with E-state index in [1.165, 1.54) is 4.90 Å². The maximum atomic E-state index is 12.4. The topological polar surface area (TPSA) is 57.6 Å². The predicted octanol–water partition coefficient (Wildman–Crippen LogP) is 2.78. The fraction of sp³-hybridized carbons (Fsp3) is 0.176. The van der Waals surface area contributed by atoms with E-state index in [0.29, 0.717) is 17.7 Å². The molecule has 3 rings (SSSR count). The number of benzene rings is 2. The van der Waals surface area contributed by atoms with E-state index < -0.39 is 12.0 Å². The van der Waals surface area contributed by atoms with Crippen LogP contribution in [0.3, 0.4) is 0 Å². The van der Waals surface area contributed by atoms with Gasteiger partial charge in [0.2, 0.25) is 0 Å². The van der Waals surface area contributed by atoms with E-state index in [-0.39, 0.29) is 5.91 Å². The van der Waals surface area contributed by atoms with Crippen LogP contribution in [0.1, 0.15) is 33.1 Å². The molecule has 0 saturated heterocycles. The molecule has 2 aromatic rings. The lowest BCUT2D eigenvalue weighted by Gasteiger charge is -2.22. The summed E-state index contributed by atoms with van der Waals surface area (Å²) in [5.74, 6) is -1.22. The van der Waals surface area contributed by atoms with Gasteiger partial charge in [-0.1, -0.05) is 48.0 Å². The van der Waals surface area contributed by atoms with Crippen molar-refractivity contribution in [1.82, 2.24) is 4.90 Å². The third-order valence-corrected chi connectivity index (χ3v) is 3.77. The SMILES string of the molecule is Cc1ccc(CN2C(=O)c3ccccc3C2C(=O)O)cc1. The second-order valence-corrected chi connectivity index (χ2v) is 5.25. The minimum atomic E-state index is -1.000. The Kier molecular flexibility index (Phi) is 3.22. The van der Waals surface area contributed by atoms with Gasteiger partial charge in [0.25, 0.3) is 5.91 Å². The van der Waals surface area contributed by atoms with Crippen molar-refractivity contribution in [3.8, 4) is 0 Å². The first kappa shape index (κ1) is 13.4. The van der Waals surface area contributed by atoms with Gasteiger partial charge in [0.1, 0.15) is 0 Å². The molecule has 1 aliphatic heterocycles. The Hall–Kier alpha value is -2.62. The average molecular weight is 281 g/mol. The molecule has 0 fully saturated rings. The molecule has 0 aliphatic carbocycles. The summed E-state index contributed by atoms with van der Waals surface area (Å²) in [5.41, 5.74) is 3.11. The van der Waals surface area contributed by atoms with Gasteiger partial charge in [0.05, 0.1) is 0 Å². The second-order valence-electron chi connectivity index (χ2n) is 5.25. The van der Waals surface area contributed by atoms with E-state index in [1.807, 2.05) is 31.2 Å². The molecule has 4 heteroatoms. The number of fused-ring (bicyclic) bond motifs is 1. The quantitative estimate of drug-likeness (QED) is 0.941. The van der Waals surface area contributed by atoms with Gasteiger partial charge in [-0.25, -0.2) is 4.79 Å². The van der Waals surface area contributed by atoms with E-state index in [9.17, 15) is 14.7 Å². The van der Waals surface area contributed by atoms with Crippen LogP contribution in [0.2, 0.25) is 0 Å². The van der Waals surface area contributed by atoms with Crippen LogP contribution in [-0.4, -0.2) is 21.9 Å². The number of rotatable bonds is 3. The number of carbonyl (C=O) groups excluding carboxylic acids is 1. The van der Waals surface area contributed by atoms with Crippen molar-refractivity contribution in [1.29, 1.82) is 0 Å². The molecule has 2 aromatic carbocycles. The number of hydrogen-bond acceptors (Lipinski definition) is 2. The summed E-state index contributed by atoms with van der Waals surface area (Å²) in [6.07, 6.45) is 0. The summed E-state index contributed by atoms with van der Waals surface area (Å²) in [4.78, 5) is 25.4. The monoisotopic (exact) mass is 281 g/mol. The highest BCUT2D eigenvalue weighted by atomic mass is 16.4. The molecule has 4 nitrogen and oxygen atoms in total. The first-order valence-electron chi connectivity index (χ1n) is 6.76. The van der Waals surface area contributed by atoms with Gasteiger partial charge in [-0.2, -0.15) is 0 Å². The fourth-order valence-corrected chi connectivity index (χ4v) is 2.69. The van der Waals surface area contributed by atoms with Crippen LogP contribution in [0.4, 0.5) is 0 Å². The van der Waals surface area contributed by atoms with Crippen molar-refractivity contribution in [2.75, 3.05) is 0 Å². The molecule has 1 atom stereocenters. The minimum absolute atomic E-state index is 0.224. The summed E-state index contributed by atoms with van der Waals surface area (Å²) in [6, 6.07) is 13.8. The highest BCUT2D eigenvalue weighted by Gasteiger charge is 2.40. The first-order valence-corrected chi connectivity index (χ1v) is 6.76. The zero-order valence-corrected chi connectivity index (χ0v) is 11.6. The van der Waals surface area contributed by atoms with E-state index in [0.717, 1.165) is 11.1 Å². The van der Waals surface area contributed by atoms with E-state index in [1.54, 1.807) is 24.3 Å². The Morgan fingerprint density at radius 2 is 1.81 bits per heavy atom. The molecule has 1 unspecified atom stereocenters. The van der Waals surface area contributed by atoms with Crippen molar-refractivity contribution >= 4 is 11.9 Å². The zero-order chi connectivity index (χ0) is 15.0. The van der Waals surface area contributed by atoms with Crippen LogP contribution in [0.15, 0.2) is 48.5 Å². The van der Waals surface area contributed by atoms with Crippen LogP contribution in [0.25, 0.3) is 0 Å². The molecule has 106 valence electrons. The smallest absolute Gasteiger partial charge is 0.331 e. The van der Waals surface area contributed by atoms with Crippen LogP contribution in [0.5, 0.6) is 0 Å². The lowest BCUT2D eigenvalue weighted by atomic mass is 10.0. The van der Waals surface area contributed by atoms with Crippen LogP contribution >= 0.6 is 0 Å². The maximum absolute atomic E-state index is 12.4. The number of hydrogen-bond donors (Lipinski definition) is 1. The standard InChI is InChI=1S/C17H15NO3/c1-11-6-8-12(9-7-11)10-18-15(17(20)21)13-4-2-3-5-14(13)16(18)19/h2-9,15H,10H2,1H3,(H,20,21). The van der Waals surface area contributed by atoms with E-state index in [4.69, 9.17) is 0 Å². The zero-order valence-electron chi connectivity index (χ0n) is 11.6. The highest BCUT2D eigenvalue weighted by molar-refractivity contribution is 6.03. The van der Waals surface area contributed by atoms with Crippen molar-refractivity contribution in [3.63, 3.8) is 0 Å². The second kappa shape index (κ2) is 5.05. The third kappa shape index (κ3) is 2.29. The Labute approximate surface area is 122 Å². The molecule has 0 spiro atoms. The Morgan fingerprint density at radius 1 is 1.14 bits per heavy atom. The molecule has 0 aromatic heterocycles. The molecular weight excluding hydrogens is 266 g/mol. The minimum Gasteiger partial charge on any atom is -0.479 e. The van der Waals surface area contributed by atoms with Crippen molar-refractivity contribution in [3.05, 3.63) is 70.8 Å². The van der Waals surface area contributed by atoms with Crippen molar-refractivity contribution < 1.29 is 14.7 Å². The first-order chi connectivity index (χ1) is 10.1. The number of amides is 1. The van der Waals surface area contributed by atoms with Gasteiger partial charge in [0, 0.05) is 12.1 Å². The van der Waals surface area contributed by atoms with Gasteiger partial charge < -0.3 is 10.0 Å². The molecule has 0 radical (unpaired) electrons. The fourth-order valence-electron chi connectivity index (χ4n) is 2.69. The number of carboxylic acid groups (broad SMARTS) is 1. The number of aliphatic carboxylic acids is 1. The van der Waals surface area contributed by atoms with E-state index >= 15 is 0 Å². The number of aryl methyl sites for hydroxylation is 1. The average Bonchev–Trinajstić information content (AvgIpc) is 2.75. The predicted molar refractivity (Wildman–Crippen MR) is 77.9 cm³/mol. The molecule has 0 saturated carbocycles. The van der Waals surface area contributed by atoms with Gasteiger partial charge >= 0.3 is 5.97 Å².